The molecule has 0 aromatic heterocycles. The summed E-state index contributed by atoms with van der Waals surface area (Å²) in [6.45, 7) is 0.732. The van der Waals surface area contributed by atoms with Gasteiger partial charge in [0, 0.05) is 5.33 Å². The number of carboxylic acid groups (broad SMARTS) is 1. The zero-order valence-corrected chi connectivity index (χ0v) is 9.27. The molecule has 5 heteroatoms. The summed E-state index contributed by atoms with van der Waals surface area (Å²) in [6, 6.07) is -0.443. The van der Waals surface area contributed by atoms with Crippen molar-refractivity contribution in [3.63, 3.8) is 0 Å². The van der Waals surface area contributed by atoms with E-state index < -0.39 is 12.0 Å². The second-order valence-corrected chi connectivity index (χ2v) is 3.64. The van der Waals surface area contributed by atoms with Crippen LogP contribution in [-0.4, -0.2) is 34.7 Å². The molecule has 0 aromatic rings. The Morgan fingerprint density at radius 1 is 1.67 bits per heavy atom. The molecule has 72 valence electrons. The maximum absolute atomic E-state index is 10.6. The van der Waals surface area contributed by atoms with Crippen LogP contribution in [0.25, 0.3) is 0 Å². The second-order valence-electron chi connectivity index (χ2n) is 2.40. The van der Waals surface area contributed by atoms with Crippen molar-refractivity contribution in [3.05, 3.63) is 0 Å². The summed E-state index contributed by atoms with van der Waals surface area (Å²) in [4.78, 5) is 10.6. The first-order chi connectivity index (χ1) is 5.72. The minimum atomic E-state index is -0.793. The van der Waals surface area contributed by atoms with Crippen LogP contribution in [0.2, 0.25) is 0 Å². The lowest BCUT2D eigenvalue weighted by atomic mass is 10.2. The summed E-state index contributed by atoms with van der Waals surface area (Å²) in [5.74, 6) is -0.197. The van der Waals surface area contributed by atoms with Crippen molar-refractivity contribution < 1.29 is 9.90 Å². The zero-order valence-electron chi connectivity index (χ0n) is 6.79. The van der Waals surface area contributed by atoms with Crippen LogP contribution in [0, 0.1) is 0 Å². The SMILES string of the molecule is O=C(O)C(CCS)NCCCBr. The molecule has 0 aliphatic rings. The molecule has 0 amide bonds. The van der Waals surface area contributed by atoms with Gasteiger partial charge in [-0.15, -0.1) is 0 Å². The summed E-state index contributed by atoms with van der Waals surface area (Å²) >= 11 is 7.26. The van der Waals surface area contributed by atoms with Gasteiger partial charge in [-0.2, -0.15) is 12.6 Å². The van der Waals surface area contributed by atoms with Gasteiger partial charge in [-0.1, -0.05) is 15.9 Å². The molecule has 0 saturated carbocycles. The largest absolute Gasteiger partial charge is 0.480 e. The topological polar surface area (TPSA) is 49.3 Å². The number of carboxylic acids is 1. The minimum Gasteiger partial charge on any atom is -0.480 e. The number of alkyl halides is 1. The molecule has 0 aromatic carbocycles. The molecule has 0 bridgehead atoms. The van der Waals surface area contributed by atoms with Crippen LogP contribution in [0.4, 0.5) is 0 Å². The number of hydrogen-bond donors (Lipinski definition) is 3. The Morgan fingerprint density at radius 2 is 2.33 bits per heavy atom. The minimum absolute atomic E-state index is 0.443. The number of aliphatic carboxylic acids is 1. The van der Waals surface area contributed by atoms with Gasteiger partial charge in [0.15, 0.2) is 0 Å². The first-order valence-corrected chi connectivity index (χ1v) is 5.60. The molecule has 0 aliphatic carbocycles. The van der Waals surface area contributed by atoms with E-state index in [1.807, 2.05) is 0 Å². The Balaban J connectivity index is 3.56. The Hall–Kier alpha value is 0.260. The fourth-order valence-corrected chi connectivity index (χ4v) is 1.32. The van der Waals surface area contributed by atoms with Gasteiger partial charge in [-0.25, -0.2) is 0 Å². The highest BCUT2D eigenvalue weighted by molar-refractivity contribution is 9.09. The van der Waals surface area contributed by atoms with Crippen molar-refractivity contribution in [2.24, 2.45) is 0 Å². The standard InChI is InChI=1S/C7H14BrNO2S/c8-3-1-4-9-6(2-5-12)7(10)11/h6,9,12H,1-5H2,(H,10,11). The molecule has 0 heterocycles. The van der Waals surface area contributed by atoms with Gasteiger partial charge in [0.1, 0.15) is 6.04 Å². The van der Waals surface area contributed by atoms with E-state index in [1.165, 1.54) is 0 Å². The Bertz CT molecular complexity index is 135. The molecular weight excluding hydrogens is 242 g/mol. The Labute approximate surface area is 86.5 Å². The number of thiol groups is 1. The van der Waals surface area contributed by atoms with Crippen LogP contribution in [-0.2, 0) is 4.79 Å². The van der Waals surface area contributed by atoms with Crippen LogP contribution >= 0.6 is 28.6 Å². The summed E-state index contributed by atoms with van der Waals surface area (Å²) in [5, 5.41) is 12.5. The van der Waals surface area contributed by atoms with Gasteiger partial charge in [-0.05, 0) is 25.1 Å². The average molecular weight is 256 g/mol. The fourth-order valence-electron chi connectivity index (χ4n) is 0.785. The molecule has 0 spiro atoms. The summed E-state index contributed by atoms with van der Waals surface area (Å²) in [7, 11) is 0. The van der Waals surface area contributed by atoms with Crippen molar-refractivity contribution in [1.29, 1.82) is 0 Å². The highest BCUT2D eigenvalue weighted by Crippen LogP contribution is 1.95. The van der Waals surface area contributed by atoms with E-state index in [2.05, 4.69) is 33.9 Å². The van der Waals surface area contributed by atoms with Gasteiger partial charge < -0.3 is 10.4 Å². The van der Waals surface area contributed by atoms with Crippen molar-refractivity contribution >= 4 is 34.5 Å². The van der Waals surface area contributed by atoms with E-state index in [9.17, 15) is 4.79 Å². The van der Waals surface area contributed by atoms with Crippen molar-refractivity contribution in [2.75, 3.05) is 17.6 Å². The number of rotatable bonds is 7. The fraction of sp³-hybridized carbons (Fsp3) is 0.857. The first kappa shape index (κ1) is 12.3. The number of carbonyl (C=O) groups is 1. The van der Waals surface area contributed by atoms with Crippen LogP contribution in [0.1, 0.15) is 12.8 Å². The Kier molecular flexibility index (Phi) is 8.06. The predicted molar refractivity (Wildman–Crippen MR) is 56.3 cm³/mol. The van der Waals surface area contributed by atoms with Crippen molar-refractivity contribution in [3.8, 4) is 0 Å². The van der Waals surface area contributed by atoms with Crippen LogP contribution in [0.5, 0.6) is 0 Å². The molecular formula is C7H14BrNO2S. The average Bonchev–Trinajstić information content (AvgIpc) is 2.03. The summed E-state index contributed by atoms with van der Waals surface area (Å²) < 4.78 is 0. The number of halogens is 1. The molecule has 0 saturated heterocycles. The quantitative estimate of drug-likeness (QED) is 0.363. The lowest BCUT2D eigenvalue weighted by Gasteiger charge is -2.11. The molecule has 1 atom stereocenters. The monoisotopic (exact) mass is 255 g/mol. The third-order valence-corrected chi connectivity index (χ3v) is 2.24. The molecule has 0 fully saturated rings. The molecule has 12 heavy (non-hydrogen) atoms. The highest BCUT2D eigenvalue weighted by Gasteiger charge is 2.14. The van der Waals surface area contributed by atoms with Crippen molar-refractivity contribution in [2.45, 2.75) is 18.9 Å². The maximum Gasteiger partial charge on any atom is 0.320 e. The number of hydrogen-bond acceptors (Lipinski definition) is 3. The van der Waals surface area contributed by atoms with E-state index in [0.29, 0.717) is 12.2 Å². The van der Waals surface area contributed by atoms with E-state index >= 15 is 0 Å². The second kappa shape index (κ2) is 7.89. The number of nitrogens with one attached hydrogen (secondary N) is 1. The van der Waals surface area contributed by atoms with E-state index in [1.54, 1.807) is 0 Å². The maximum atomic E-state index is 10.6. The molecule has 0 aliphatic heterocycles. The van der Waals surface area contributed by atoms with Gasteiger partial charge >= 0.3 is 5.97 Å². The van der Waals surface area contributed by atoms with Crippen LogP contribution < -0.4 is 5.32 Å². The summed E-state index contributed by atoms with van der Waals surface area (Å²) in [6.07, 6.45) is 1.51. The smallest absolute Gasteiger partial charge is 0.320 e. The third kappa shape index (κ3) is 5.85. The molecule has 1 unspecified atom stereocenters. The highest BCUT2D eigenvalue weighted by atomic mass is 79.9. The molecule has 0 radical (unpaired) electrons. The Morgan fingerprint density at radius 3 is 2.75 bits per heavy atom. The lowest BCUT2D eigenvalue weighted by molar-refractivity contribution is -0.139. The van der Waals surface area contributed by atoms with E-state index in [-0.39, 0.29) is 0 Å². The third-order valence-electron chi connectivity index (χ3n) is 1.42. The summed E-state index contributed by atoms with van der Waals surface area (Å²) in [5.41, 5.74) is 0. The van der Waals surface area contributed by atoms with Gasteiger partial charge in [-0.3, -0.25) is 4.79 Å². The van der Waals surface area contributed by atoms with Crippen LogP contribution in [0.15, 0.2) is 0 Å². The first-order valence-electron chi connectivity index (χ1n) is 3.85. The van der Waals surface area contributed by atoms with E-state index in [4.69, 9.17) is 5.11 Å². The normalized spacial score (nSPS) is 12.8. The molecule has 3 nitrogen and oxygen atoms in total. The zero-order chi connectivity index (χ0) is 9.40. The van der Waals surface area contributed by atoms with E-state index in [0.717, 1.165) is 18.3 Å². The molecule has 2 N–H and O–H groups in total. The predicted octanol–water partition coefficient (Wildman–Crippen LogP) is 1.13. The van der Waals surface area contributed by atoms with Crippen LogP contribution in [0.3, 0.4) is 0 Å². The molecule has 0 rings (SSSR count). The van der Waals surface area contributed by atoms with Gasteiger partial charge in [0.2, 0.25) is 0 Å². The van der Waals surface area contributed by atoms with Gasteiger partial charge in [0.25, 0.3) is 0 Å². The lowest BCUT2D eigenvalue weighted by Crippen LogP contribution is -2.37. The van der Waals surface area contributed by atoms with Gasteiger partial charge in [0.05, 0.1) is 0 Å². The van der Waals surface area contributed by atoms with Crippen molar-refractivity contribution in [1.82, 2.24) is 5.32 Å².